The van der Waals surface area contributed by atoms with Crippen molar-refractivity contribution in [2.75, 3.05) is 5.75 Å². The summed E-state index contributed by atoms with van der Waals surface area (Å²) in [4.78, 5) is 5.10. The normalized spacial score (nSPS) is 12.3. The molecule has 94 valence electrons. The highest BCUT2D eigenvalue weighted by Gasteiger charge is 2.05. The second kappa shape index (κ2) is 6.52. The van der Waals surface area contributed by atoms with Crippen LogP contribution in [0.1, 0.15) is 5.56 Å². The number of nitrogens with two attached hydrogens (primary N) is 1. The van der Waals surface area contributed by atoms with Crippen LogP contribution in [-0.4, -0.2) is 16.8 Å². The van der Waals surface area contributed by atoms with E-state index in [4.69, 9.17) is 5.73 Å². The maximum absolute atomic E-state index is 12.7. The summed E-state index contributed by atoms with van der Waals surface area (Å²) in [5, 5.41) is 0. The monoisotopic (exact) mass is 262 g/mol. The zero-order chi connectivity index (χ0) is 12.8. The average molecular weight is 262 g/mol. The SMILES string of the molecule is NC(CSc1ccc(F)cc1)Cc1cccnc1. The van der Waals surface area contributed by atoms with Gasteiger partial charge in [-0.1, -0.05) is 6.07 Å². The molecule has 0 fully saturated rings. The Hall–Kier alpha value is -1.39. The molecule has 0 bridgehead atoms. The number of hydrogen-bond acceptors (Lipinski definition) is 3. The van der Waals surface area contributed by atoms with E-state index in [0.29, 0.717) is 0 Å². The molecule has 0 saturated carbocycles. The molecule has 1 atom stereocenters. The fraction of sp³-hybridized carbons (Fsp3) is 0.214. The Morgan fingerprint density at radius 1 is 1.22 bits per heavy atom. The van der Waals surface area contributed by atoms with Gasteiger partial charge < -0.3 is 5.73 Å². The molecule has 1 aromatic carbocycles. The maximum atomic E-state index is 12.7. The summed E-state index contributed by atoms with van der Waals surface area (Å²) in [6.45, 7) is 0. The Morgan fingerprint density at radius 3 is 2.67 bits per heavy atom. The van der Waals surface area contributed by atoms with Crippen molar-refractivity contribution in [2.24, 2.45) is 5.73 Å². The van der Waals surface area contributed by atoms with Gasteiger partial charge in [-0.3, -0.25) is 4.98 Å². The average Bonchev–Trinajstić information content (AvgIpc) is 2.39. The predicted molar refractivity (Wildman–Crippen MR) is 73.0 cm³/mol. The van der Waals surface area contributed by atoms with Crippen LogP contribution >= 0.6 is 11.8 Å². The molecule has 0 aliphatic carbocycles. The van der Waals surface area contributed by atoms with Crippen molar-refractivity contribution in [3.8, 4) is 0 Å². The van der Waals surface area contributed by atoms with Crippen LogP contribution in [0.4, 0.5) is 4.39 Å². The highest BCUT2D eigenvalue weighted by molar-refractivity contribution is 7.99. The standard InChI is InChI=1S/C14H15FN2S/c15-12-3-5-14(6-4-12)18-10-13(16)8-11-2-1-7-17-9-11/h1-7,9,13H,8,10,16H2. The van der Waals surface area contributed by atoms with Gasteiger partial charge in [-0.25, -0.2) is 4.39 Å². The van der Waals surface area contributed by atoms with Gasteiger partial charge in [0.05, 0.1) is 0 Å². The van der Waals surface area contributed by atoms with Crippen molar-refractivity contribution in [3.63, 3.8) is 0 Å². The van der Waals surface area contributed by atoms with Crippen molar-refractivity contribution in [1.82, 2.24) is 4.98 Å². The maximum Gasteiger partial charge on any atom is 0.123 e. The lowest BCUT2D eigenvalue weighted by Gasteiger charge is -2.10. The molecule has 0 saturated heterocycles. The number of aromatic nitrogens is 1. The zero-order valence-electron chi connectivity index (χ0n) is 9.92. The molecule has 0 aliphatic heterocycles. The fourth-order valence-corrected chi connectivity index (χ4v) is 2.47. The van der Waals surface area contributed by atoms with E-state index in [0.717, 1.165) is 22.6 Å². The largest absolute Gasteiger partial charge is 0.327 e. The van der Waals surface area contributed by atoms with Gasteiger partial charge in [0.15, 0.2) is 0 Å². The van der Waals surface area contributed by atoms with Crippen molar-refractivity contribution >= 4 is 11.8 Å². The molecule has 0 spiro atoms. The van der Waals surface area contributed by atoms with E-state index in [-0.39, 0.29) is 11.9 Å². The Kier molecular flexibility index (Phi) is 4.73. The van der Waals surface area contributed by atoms with Gasteiger partial charge >= 0.3 is 0 Å². The quantitative estimate of drug-likeness (QED) is 0.842. The first kappa shape index (κ1) is 13.1. The van der Waals surface area contributed by atoms with Crippen LogP contribution in [0.3, 0.4) is 0 Å². The Morgan fingerprint density at radius 2 is 2.00 bits per heavy atom. The van der Waals surface area contributed by atoms with Crippen LogP contribution in [-0.2, 0) is 6.42 Å². The minimum Gasteiger partial charge on any atom is -0.327 e. The number of thioether (sulfide) groups is 1. The van der Waals surface area contributed by atoms with Crippen LogP contribution in [0.2, 0.25) is 0 Å². The molecule has 2 aromatic rings. The number of rotatable bonds is 5. The van der Waals surface area contributed by atoms with E-state index in [9.17, 15) is 4.39 Å². The summed E-state index contributed by atoms with van der Waals surface area (Å²) in [5.74, 6) is 0.597. The predicted octanol–water partition coefficient (Wildman–Crippen LogP) is 2.88. The fourth-order valence-electron chi connectivity index (χ4n) is 1.61. The number of benzene rings is 1. The molecule has 2 N–H and O–H groups in total. The first-order valence-electron chi connectivity index (χ1n) is 5.77. The summed E-state index contributed by atoms with van der Waals surface area (Å²) in [5.41, 5.74) is 7.20. The summed E-state index contributed by atoms with van der Waals surface area (Å²) in [7, 11) is 0. The molecule has 4 heteroatoms. The number of nitrogens with zero attached hydrogens (tertiary/aromatic N) is 1. The van der Waals surface area contributed by atoms with Crippen LogP contribution in [0.15, 0.2) is 53.7 Å². The molecule has 0 radical (unpaired) electrons. The minimum atomic E-state index is -0.209. The van der Waals surface area contributed by atoms with E-state index < -0.39 is 0 Å². The van der Waals surface area contributed by atoms with E-state index in [2.05, 4.69) is 4.98 Å². The van der Waals surface area contributed by atoms with Crippen molar-refractivity contribution in [1.29, 1.82) is 0 Å². The van der Waals surface area contributed by atoms with E-state index in [1.165, 1.54) is 12.1 Å². The van der Waals surface area contributed by atoms with Crippen LogP contribution < -0.4 is 5.73 Å². The van der Waals surface area contributed by atoms with Gasteiger partial charge in [0, 0.05) is 29.1 Å². The summed E-state index contributed by atoms with van der Waals surface area (Å²) in [6.07, 6.45) is 4.40. The van der Waals surface area contributed by atoms with E-state index in [1.807, 2.05) is 18.3 Å². The molecule has 1 heterocycles. The molecular formula is C14H15FN2S. The molecule has 0 amide bonds. The van der Waals surface area contributed by atoms with Gasteiger partial charge in [-0.2, -0.15) is 0 Å². The lowest BCUT2D eigenvalue weighted by atomic mass is 10.1. The van der Waals surface area contributed by atoms with E-state index >= 15 is 0 Å². The Balaban J connectivity index is 1.81. The van der Waals surface area contributed by atoms with Crippen LogP contribution in [0.25, 0.3) is 0 Å². The topological polar surface area (TPSA) is 38.9 Å². The number of halogens is 1. The zero-order valence-corrected chi connectivity index (χ0v) is 10.7. The summed E-state index contributed by atoms with van der Waals surface area (Å²) >= 11 is 1.64. The third-order valence-corrected chi connectivity index (χ3v) is 3.70. The van der Waals surface area contributed by atoms with Crippen molar-refractivity contribution in [3.05, 3.63) is 60.2 Å². The van der Waals surface area contributed by atoms with Gasteiger partial charge in [0.1, 0.15) is 5.82 Å². The summed E-state index contributed by atoms with van der Waals surface area (Å²) < 4.78 is 12.7. The number of hydrogen-bond donors (Lipinski definition) is 1. The van der Waals surface area contributed by atoms with Crippen molar-refractivity contribution < 1.29 is 4.39 Å². The molecule has 1 aromatic heterocycles. The third kappa shape index (κ3) is 4.13. The van der Waals surface area contributed by atoms with Gasteiger partial charge in [-0.05, 0) is 42.3 Å². The molecule has 2 rings (SSSR count). The Labute approximate surface area is 110 Å². The Bertz CT molecular complexity index is 473. The van der Waals surface area contributed by atoms with Crippen LogP contribution in [0, 0.1) is 5.82 Å². The smallest absolute Gasteiger partial charge is 0.123 e. The van der Waals surface area contributed by atoms with E-state index in [1.54, 1.807) is 30.1 Å². The molecule has 2 nitrogen and oxygen atoms in total. The lowest BCUT2D eigenvalue weighted by Crippen LogP contribution is -2.25. The molecular weight excluding hydrogens is 247 g/mol. The summed E-state index contributed by atoms with van der Waals surface area (Å²) in [6, 6.07) is 10.5. The first-order valence-corrected chi connectivity index (χ1v) is 6.75. The third-order valence-electron chi connectivity index (χ3n) is 2.50. The molecule has 0 aliphatic rings. The second-order valence-corrected chi connectivity index (χ2v) is 5.18. The highest BCUT2D eigenvalue weighted by Crippen LogP contribution is 2.19. The second-order valence-electron chi connectivity index (χ2n) is 4.09. The molecule has 1 unspecified atom stereocenters. The number of pyridine rings is 1. The van der Waals surface area contributed by atoms with Gasteiger partial charge in [-0.15, -0.1) is 11.8 Å². The van der Waals surface area contributed by atoms with Gasteiger partial charge in [0.2, 0.25) is 0 Å². The lowest BCUT2D eigenvalue weighted by molar-refractivity contribution is 0.626. The highest BCUT2D eigenvalue weighted by atomic mass is 32.2. The molecule has 18 heavy (non-hydrogen) atoms. The van der Waals surface area contributed by atoms with Gasteiger partial charge in [0.25, 0.3) is 0 Å². The van der Waals surface area contributed by atoms with Crippen LogP contribution in [0.5, 0.6) is 0 Å². The van der Waals surface area contributed by atoms with Crippen molar-refractivity contribution in [2.45, 2.75) is 17.4 Å². The minimum absolute atomic E-state index is 0.0734. The first-order chi connectivity index (χ1) is 8.74.